The molecule has 5 aromatic rings. The SMILES string of the molecule is O=C(CCCc1c(-c2ccc3ccccc3n2)[nH]c2ccc(F)cc12)Nc1cc2c(cc1[N+](=O)[O-])OCO2. The van der Waals surface area contributed by atoms with E-state index < -0.39 is 4.92 Å². The number of amides is 1. The number of pyridine rings is 1. The van der Waals surface area contributed by atoms with Gasteiger partial charge in [-0.3, -0.25) is 14.9 Å². The van der Waals surface area contributed by atoms with Crippen molar-refractivity contribution in [2.45, 2.75) is 19.3 Å². The van der Waals surface area contributed by atoms with E-state index in [-0.39, 0.29) is 42.1 Å². The first kappa shape index (κ1) is 23.4. The molecule has 0 atom stereocenters. The number of rotatable bonds is 7. The van der Waals surface area contributed by atoms with Crippen molar-refractivity contribution in [1.82, 2.24) is 9.97 Å². The molecule has 0 radical (unpaired) electrons. The highest BCUT2D eigenvalue weighted by atomic mass is 19.1. The second-order valence-electron chi connectivity index (χ2n) is 8.94. The van der Waals surface area contributed by atoms with Crippen LogP contribution in [-0.4, -0.2) is 27.6 Å². The maximum absolute atomic E-state index is 14.2. The molecule has 10 heteroatoms. The van der Waals surface area contributed by atoms with Crippen LogP contribution in [0.5, 0.6) is 11.5 Å². The van der Waals surface area contributed by atoms with Crippen LogP contribution in [0.1, 0.15) is 18.4 Å². The number of aryl methyl sites for hydroxylation is 1. The zero-order chi connectivity index (χ0) is 26.2. The van der Waals surface area contributed by atoms with Gasteiger partial charge in [0.25, 0.3) is 5.69 Å². The summed E-state index contributed by atoms with van der Waals surface area (Å²) >= 11 is 0. The Hall–Kier alpha value is -4.99. The molecule has 0 unspecified atom stereocenters. The zero-order valence-electron chi connectivity index (χ0n) is 20.0. The molecular weight excluding hydrogens is 491 g/mol. The second-order valence-corrected chi connectivity index (χ2v) is 8.94. The van der Waals surface area contributed by atoms with Crippen molar-refractivity contribution in [2.75, 3.05) is 12.1 Å². The van der Waals surface area contributed by atoms with Crippen LogP contribution in [0.15, 0.2) is 66.7 Å². The van der Waals surface area contributed by atoms with Crippen molar-refractivity contribution in [3.05, 3.63) is 88.2 Å². The average Bonchev–Trinajstić information content (AvgIpc) is 3.52. The second kappa shape index (κ2) is 9.47. The number of nitrogens with zero attached hydrogens (tertiary/aromatic N) is 2. The van der Waals surface area contributed by atoms with E-state index in [1.165, 1.54) is 24.3 Å². The lowest BCUT2D eigenvalue weighted by Crippen LogP contribution is -2.13. The fourth-order valence-corrected chi connectivity index (χ4v) is 4.72. The largest absolute Gasteiger partial charge is 0.454 e. The first-order valence-electron chi connectivity index (χ1n) is 12.0. The van der Waals surface area contributed by atoms with Crippen LogP contribution in [-0.2, 0) is 11.2 Å². The van der Waals surface area contributed by atoms with Gasteiger partial charge in [0, 0.05) is 28.8 Å². The molecule has 0 spiro atoms. The summed E-state index contributed by atoms with van der Waals surface area (Å²) in [5.74, 6) is -0.151. The molecule has 0 saturated carbocycles. The standard InChI is InChI=1S/C28H21FN4O5/c29-17-9-11-21-19(12-17)18(28(32-21)22-10-8-16-4-1-2-6-20(16)30-22)5-3-7-27(34)31-23-13-25-26(38-15-37-25)14-24(23)33(35)36/h1-2,4,6,8-14,32H,3,5,7,15H2,(H,31,34). The first-order valence-corrected chi connectivity index (χ1v) is 12.0. The number of benzene rings is 3. The van der Waals surface area contributed by atoms with Gasteiger partial charge < -0.3 is 19.8 Å². The molecule has 38 heavy (non-hydrogen) atoms. The summed E-state index contributed by atoms with van der Waals surface area (Å²) in [6.45, 7) is -0.0382. The molecular formula is C28H21FN4O5. The number of nitro benzene ring substituents is 1. The highest BCUT2D eigenvalue weighted by Crippen LogP contribution is 2.40. The van der Waals surface area contributed by atoms with Crippen molar-refractivity contribution in [3.63, 3.8) is 0 Å². The summed E-state index contributed by atoms with van der Waals surface area (Å²) in [7, 11) is 0. The molecule has 0 aliphatic carbocycles. The molecule has 9 nitrogen and oxygen atoms in total. The van der Waals surface area contributed by atoms with Crippen molar-refractivity contribution in [3.8, 4) is 22.9 Å². The van der Waals surface area contributed by atoms with Crippen molar-refractivity contribution >= 4 is 39.1 Å². The fourth-order valence-electron chi connectivity index (χ4n) is 4.72. The minimum atomic E-state index is -0.582. The third-order valence-electron chi connectivity index (χ3n) is 6.52. The van der Waals surface area contributed by atoms with Gasteiger partial charge in [-0.25, -0.2) is 9.37 Å². The number of carbonyl (C=O) groups excluding carboxylic acids is 1. The van der Waals surface area contributed by atoms with E-state index in [2.05, 4.69) is 10.3 Å². The smallest absolute Gasteiger partial charge is 0.296 e. The summed E-state index contributed by atoms with van der Waals surface area (Å²) in [5, 5.41) is 15.8. The molecule has 6 rings (SSSR count). The third kappa shape index (κ3) is 4.36. The fraction of sp³-hybridized carbons (Fsp3) is 0.143. The molecule has 0 bridgehead atoms. The van der Waals surface area contributed by atoms with Crippen LogP contribution < -0.4 is 14.8 Å². The molecule has 2 N–H and O–H groups in total. The van der Waals surface area contributed by atoms with E-state index >= 15 is 0 Å². The van der Waals surface area contributed by atoms with Gasteiger partial charge in [0.2, 0.25) is 12.7 Å². The van der Waals surface area contributed by atoms with Crippen molar-refractivity contribution < 1.29 is 23.6 Å². The van der Waals surface area contributed by atoms with Crippen LogP contribution >= 0.6 is 0 Å². The van der Waals surface area contributed by atoms with E-state index in [0.717, 1.165) is 38.8 Å². The van der Waals surface area contributed by atoms with Crippen LogP contribution in [0.3, 0.4) is 0 Å². The molecule has 3 heterocycles. The van der Waals surface area contributed by atoms with Crippen molar-refractivity contribution in [2.24, 2.45) is 0 Å². The number of nitro groups is 1. The van der Waals surface area contributed by atoms with E-state index in [9.17, 15) is 19.3 Å². The summed E-state index contributed by atoms with van der Waals surface area (Å²) < 4.78 is 24.6. The van der Waals surface area contributed by atoms with E-state index in [0.29, 0.717) is 18.6 Å². The summed E-state index contributed by atoms with van der Waals surface area (Å²) in [5.41, 5.74) is 3.71. The Bertz CT molecular complexity index is 1730. The van der Waals surface area contributed by atoms with Crippen LogP contribution in [0.25, 0.3) is 33.2 Å². The molecule has 0 saturated heterocycles. The number of carbonyl (C=O) groups is 1. The van der Waals surface area contributed by atoms with Gasteiger partial charge in [0.05, 0.1) is 27.9 Å². The minimum Gasteiger partial charge on any atom is -0.454 e. The average molecular weight is 512 g/mol. The van der Waals surface area contributed by atoms with Gasteiger partial charge in [-0.1, -0.05) is 24.3 Å². The van der Waals surface area contributed by atoms with Gasteiger partial charge >= 0.3 is 0 Å². The number of anilines is 1. The first-order chi connectivity index (χ1) is 18.5. The highest BCUT2D eigenvalue weighted by Gasteiger charge is 2.24. The summed E-state index contributed by atoms with van der Waals surface area (Å²) in [4.78, 5) is 31.8. The van der Waals surface area contributed by atoms with E-state index in [4.69, 9.17) is 14.5 Å². The van der Waals surface area contributed by atoms with Gasteiger partial charge in [0.1, 0.15) is 11.5 Å². The molecule has 0 fully saturated rings. The Morgan fingerprint density at radius 2 is 1.89 bits per heavy atom. The minimum absolute atomic E-state index is 0.0382. The predicted octanol–water partition coefficient (Wildman–Crippen LogP) is 6.12. The number of fused-ring (bicyclic) bond motifs is 3. The predicted molar refractivity (Wildman–Crippen MR) is 140 cm³/mol. The van der Waals surface area contributed by atoms with Gasteiger partial charge in [-0.2, -0.15) is 0 Å². The Balaban J connectivity index is 1.24. The third-order valence-corrected chi connectivity index (χ3v) is 6.52. The molecule has 1 amide bonds. The van der Waals surface area contributed by atoms with Gasteiger partial charge in [-0.05, 0) is 48.7 Å². The lowest BCUT2D eigenvalue weighted by molar-refractivity contribution is -0.384. The molecule has 190 valence electrons. The molecule has 3 aromatic carbocycles. The van der Waals surface area contributed by atoms with Gasteiger partial charge in [-0.15, -0.1) is 0 Å². The number of hydrogen-bond donors (Lipinski definition) is 2. The maximum Gasteiger partial charge on any atom is 0.296 e. The van der Waals surface area contributed by atoms with Crippen LogP contribution in [0.4, 0.5) is 15.8 Å². The Morgan fingerprint density at radius 3 is 2.74 bits per heavy atom. The molecule has 2 aromatic heterocycles. The number of aromatic nitrogens is 2. The quantitative estimate of drug-likeness (QED) is 0.200. The number of aromatic amines is 1. The number of H-pyrrole nitrogens is 1. The normalized spacial score (nSPS) is 12.2. The van der Waals surface area contributed by atoms with Crippen LogP contribution in [0, 0.1) is 15.9 Å². The Morgan fingerprint density at radius 1 is 1.08 bits per heavy atom. The van der Waals surface area contributed by atoms with Crippen LogP contribution in [0.2, 0.25) is 0 Å². The summed E-state index contributed by atoms with van der Waals surface area (Å²) in [6, 6.07) is 18.9. The maximum atomic E-state index is 14.2. The Labute approximate surface area is 215 Å². The van der Waals surface area contributed by atoms with E-state index in [1.807, 2.05) is 36.4 Å². The number of para-hydroxylation sites is 1. The number of ether oxygens (including phenoxy) is 2. The number of nitrogens with one attached hydrogen (secondary N) is 2. The monoisotopic (exact) mass is 512 g/mol. The molecule has 1 aliphatic rings. The number of hydrogen-bond acceptors (Lipinski definition) is 6. The Kier molecular flexibility index (Phi) is 5.83. The zero-order valence-corrected chi connectivity index (χ0v) is 20.0. The highest BCUT2D eigenvalue weighted by molar-refractivity contribution is 5.94. The van der Waals surface area contributed by atoms with E-state index in [1.54, 1.807) is 6.07 Å². The van der Waals surface area contributed by atoms with Gasteiger partial charge in [0.15, 0.2) is 11.5 Å². The number of halogens is 1. The topological polar surface area (TPSA) is 119 Å². The lowest BCUT2D eigenvalue weighted by Gasteiger charge is -2.08. The molecule has 1 aliphatic heterocycles. The summed E-state index contributed by atoms with van der Waals surface area (Å²) in [6.07, 6.45) is 0.982. The lowest BCUT2D eigenvalue weighted by atomic mass is 10.0. The van der Waals surface area contributed by atoms with Crippen molar-refractivity contribution in [1.29, 1.82) is 0 Å².